The maximum Gasteiger partial charge on any atom is 0.122 e. The standard InChI is InChI=1S/C15H23NO/c1-11(2)15(4)16(5)12(3)14(17-15)13-9-7-6-8-10-13/h6-12,14H,1-5H3/t12-,14-,15-/m0/s1. The van der Waals surface area contributed by atoms with Gasteiger partial charge in [-0.15, -0.1) is 0 Å². The van der Waals surface area contributed by atoms with Crippen molar-refractivity contribution in [2.24, 2.45) is 5.92 Å². The van der Waals surface area contributed by atoms with Gasteiger partial charge in [-0.25, -0.2) is 0 Å². The lowest BCUT2D eigenvalue weighted by Crippen LogP contribution is -2.46. The summed E-state index contributed by atoms with van der Waals surface area (Å²) in [4.78, 5) is 2.36. The van der Waals surface area contributed by atoms with Gasteiger partial charge in [0.25, 0.3) is 0 Å². The zero-order valence-corrected chi connectivity index (χ0v) is 11.5. The van der Waals surface area contributed by atoms with E-state index >= 15 is 0 Å². The predicted molar refractivity (Wildman–Crippen MR) is 70.7 cm³/mol. The molecule has 1 saturated heterocycles. The van der Waals surface area contributed by atoms with Crippen LogP contribution in [0.1, 0.15) is 39.4 Å². The lowest BCUT2D eigenvalue weighted by atomic mass is 10.00. The molecule has 17 heavy (non-hydrogen) atoms. The van der Waals surface area contributed by atoms with Crippen LogP contribution >= 0.6 is 0 Å². The highest BCUT2D eigenvalue weighted by atomic mass is 16.5. The van der Waals surface area contributed by atoms with E-state index in [0.29, 0.717) is 12.0 Å². The number of ether oxygens (including phenoxy) is 1. The Bertz CT molecular complexity index is 376. The summed E-state index contributed by atoms with van der Waals surface area (Å²) in [6.45, 7) is 8.87. The molecule has 0 N–H and O–H groups in total. The predicted octanol–water partition coefficient (Wildman–Crippen LogP) is 3.45. The van der Waals surface area contributed by atoms with Crippen molar-refractivity contribution in [1.82, 2.24) is 4.90 Å². The van der Waals surface area contributed by atoms with E-state index in [-0.39, 0.29) is 11.8 Å². The molecule has 2 heteroatoms. The molecule has 0 amide bonds. The number of benzene rings is 1. The van der Waals surface area contributed by atoms with Crippen molar-refractivity contribution in [3.8, 4) is 0 Å². The Morgan fingerprint density at radius 1 is 1.24 bits per heavy atom. The summed E-state index contributed by atoms with van der Waals surface area (Å²) in [5, 5.41) is 0. The third-order valence-corrected chi connectivity index (χ3v) is 4.31. The number of hydrogen-bond acceptors (Lipinski definition) is 2. The maximum atomic E-state index is 6.35. The Hall–Kier alpha value is -0.860. The molecular weight excluding hydrogens is 210 g/mol. The average Bonchev–Trinajstić information content (AvgIpc) is 2.56. The number of hydrogen-bond donors (Lipinski definition) is 0. The third-order valence-electron chi connectivity index (χ3n) is 4.31. The van der Waals surface area contributed by atoms with E-state index < -0.39 is 0 Å². The molecule has 1 aromatic carbocycles. The van der Waals surface area contributed by atoms with E-state index in [1.807, 2.05) is 0 Å². The molecule has 0 radical (unpaired) electrons. The summed E-state index contributed by atoms with van der Waals surface area (Å²) < 4.78 is 6.35. The fraction of sp³-hybridized carbons (Fsp3) is 0.600. The van der Waals surface area contributed by atoms with Gasteiger partial charge in [0.1, 0.15) is 11.8 Å². The highest BCUT2D eigenvalue weighted by Crippen LogP contribution is 2.43. The summed E-state index contributed by atoms with van der Waals surface area (Å²) in [6, 6.07) is 10.9. The first-order valence-electron chi connectivity index (χ1n) is 6.42. The van der Waals surface area contributed by atoms with Crippen LogP contribution in [0.15, 0.2) is 30.3 Å². The average molecular weight is 233 g/mol. The Morgan fingerprint density at radius 3 is 2.29 bits per heavy atom. The smallest absolute Gasteiger partial charge is 0.122 e. The molecule has 1 aliphatic rings. The monoisotopic (exact) mass is 233 g/mol. The number of nitrogens with zero attached hydrogens (tertiary/aromatic N) is 1. The lowest BCUT2D eigenvalue weighted by Gasteiger charge is -2.36. The van der Waals surface area contributed by atoms with Gasteiger partial charge in [0.15, 0.2) is 0 Å². The van der Waals surface area contributed by atoms with Crippen molar-refractivity contribution in [1.29, 1.82) is 0 Å². The van der Waals surface area contributed by atoms with Crippen molar-refractivity contribution < 1.29 is 4.74 Å². The zero-order valence-electron chi connectivity index (χ0n) is 11.5. The quantitative estimate of drug-likeness (QED) is 0.775. The van der Waals surface area contributed by atoms with E-state index in [0.717, 1.165) is 0 Å². The van der Waals surface area contributed by atoms with Gasteiger partial charge in [-0.3, -0.25) is 4.90 Å². The van der Waals surface area contributed by atoms with Crippen LogP contribution in [0.5, 0.6) is 0 Å². The van der Waals surface area contributed by atoms with Crippen LogP contribution in [0.2, 0.25) is 0 Å². The molecule has 0 unspecified atom stereocenters. The highest BCUT2D eigenvalue weighted by Gasteiger charge is 2.48. The fourth-order valence-electron chi connectivity index (χ4n) is 2.58. The van der Waals surface area contributed by atoms with Crippen LogP contribution in [0.25, 0.3) is 0 Å². The minimum Gasteiger partial charge on any atom is -0.351 e. The Labute approximate surface area is 105 Å². The van der Waals surface area contributed by atoms with Crippen molar-refractivity contribution >= 4 is 0 Å². The van der Waals surface area contributed by atoms with Crippen LogP contribution in [0, 0.1) is 5.92 Å². The van der Waals surface area contributed by atoms with Gasteiger partial charge in [0.05, 0.1) is 0 Å². The van der Waals surface area contributed by atoms with Gasteiger partial charge in [0, 0.05) is 6.04 Å². The van der Waals surface area contributed by atoms with E-state index in [4.69, 9.17) is 4.74 Å². The van der Waals surface area contributed by atoms with Crippen LogP contribution in [0.3, 0.4) is 0 Å². The molecule has 1 fully saturated rings. The molecule has 2 nitrogen and oxygen atoms in total. The first-order valence-corrected chi connectivity index (χ1v) is 6.42. The summed E-state index contributed by atoms with van der Waals surface area (Å²) >= 11 is 0. The molecule has 1 heterocycles. The van der Waals surface area contributed by atoms with E-state index in [9.17, 15) is 0 Å². The second-order valence-electron chi connectivity index (χ2n) is 5.51. The van der Waals surface area contributed by atoms with Gasteiger partial charge in [-0.2, -0.15) is 0 Å². The van der Waals surface area contributed by atoms with Crippen LogP contribution < -0.4 is 0 Å². The van der Waals surface area contributed by atoms with Crippen LogP contribution in [-0.2, 0) is 4.74 Å². The molecule has 0 bridgehead atoms. The molecule has 94 valence electrons. The Balaban J connectivity index is 2.29. The second kappa shape index (κ2) is 4.43. The number of likely N-dealkylation sites (N-methyl/N-ethyl adjacent to an activating group) is 1. The molecule has 0 saturated carbocycles. The van der Waals surface area contributed by atoms with E-state index in [1.165, 1.54) is 5.56 Å². The summed E-state index contributed by atoms with van der Waals surface area (Å²) in [6.07, 6.45) is 0.175. The molecule has 0 spiro atoms. The summed E-state index contributed by atoms with van der Waals surface area (Å²) in [5.41, 5.74) is 1.11. The Morgan fingerprint density at radius 2 is 1.82 bits per heavy atom. The van der Waals surface area contributed by atoms with Crippen LogP contribution in [0.4, 0.5) is 0 Å². The van der Waals surface area contributed by atoms with Crippen molar-refractivity contribution in [2.45, 2.75) is 45.6 Å². The first-order chi connectivity index (χ1) is 7.97. The summed E-state index contributed by atoms with van der Waals surface area (Å²) in [7, 11) is 2.16. The van der Waals surface area contributed by atoms with Crippen molar-refractivity contribution in [2.75, 3.05) is 7.05 Å². The zero-order chi connectivity index (χ0) is 12.6. The largest absolute Gasteiger partial charge is 0.351 e. The van der Waals surface area contributed by atoms with Gasteiger partial charge in [-0.05, 0) is 32.4 Å². The van der Waals surface area contributed by atoms with Crippen molar-refractivity contribution in [3.05, 3.63) is 35.9 Å². The minimum atomic E-state index is -0.167. The topological polar surface area (TPSA) is 12.5 Å². The second-order valence-corrected chi connectivity index (χ2v) is 5.51. The molecule has 3 atom stereocenters. The first kappa shape index (κ1) is 12.6. The molecule has 2 rings (SSSR count). The van der Waals surface area contributed by atoms with Gasteiger partial charge in [0.2, 0.25) is 0 Å². The fourth-order valence-corrected chi connectivity index (χ4v) is 2.58. The minimum absolute atomic E-state index is 0.167. The van der Waals surface area contributed by atoms with E-state index in [2.05, 4.69) is 70.0 Å². The van der Waals surface area contributed by atoms with Crippen LogP contribution in [-0.4, -0.2) is 23.7 Å². The molecule has 0 aliphatic carbocycles. The van der Waals surface area contributed by atoms with Gasteiger partial charge >= 0.3 is 0 Å². The highest BCUT2D eigenvalue weighted by molar-refractivity contribution is 5.20. The third kappa shape index (κ3) is 2.00. The normalized spacial score (nSPS) is 34.5. The van der Waals surface area contributed by atoms with Crippen molar-refractivity contribution in [3.63, 3.8) is 0 Å². The summed E-state index contributed by atoms with van der Waals surface area (Å²) in [5.74, 6) is 0.476. The molecule has 0 aromatic heterocycles. The number of rotatable bonds is 2. The molecule has 1 aromatic rings. The Kier molecular flexibility index (Phi) is 3.28. The van der Waals surface area contributed by atoms with Gasteiger partial charge < -0.3 is 4.74 Å². The molecular formula is C15H23NO. The van der Waals surface area contributed by atoms with E-state index in [1.54, 1.807) is 0 Å². The van der Waals surface area contributed by atoms with Gasteiger partial charge in [-0.1, -0.05) is 44.2 Å². The lowest BCUT2D eigenvalue weighted by molar-refractivity contribution is -0.115. The SMILES string of the molecule is CC(C)[C@]1(C)O[C@H](c2ccccc2)[C@H](C)N1C. The molecule has 1 aliphatic heterocycles. The maximum absolute atomic E-state index is 6.35.